The van der Waals surface area contributed by atoms with Crippen LogP contribution in [0.15, 0.2) is 59.5 Å². The number of nitrogens with one attached hydrogen (secondary N) is 1. The third kappa shape index (κ3) is 4.39. The van der Waals surface area contributed by atoms with Crippen molar-refractivity contribution >= 4 is 15.7 Å². The number of hydrogen-bond acceptors (Lipinski definition) is 4. The molecule has 23 heavy (non-hydrogen) atoms. The molecular formula is C16H14N2O4S. The number of terminal acetylenes is 1. The van der Waals surface area contributed by atoms with E-state index in [1.807, 2.05) is 30.3 Å². The van der Waals surface area contributed by atoms with E-state index in [4.69, 9.17) is 6.42 Å². The lowest BCUT2D eigenvalue weighted by molar-refractivity contribution is -0.384. The Bertz CT molecular complexity index is 825. The number of nitro groups is 1. The first kappa shape index (κ1) is 16.7. The normalized spacial score (nSPS) is 12.3. The molecule has 1 N–H and O–H groups in total. The van der Waals surface area contributed by atoms with Crippen molar-refractivity contribution in [2.24, 2.45) is 0 Å². The average molecular weight is 330 g/mol. The lowest BCUT2D eigenvalue weighted by atomic mass is 10.1. The van der Waals surface area contributed by atoms with Crippen molar-refractivity contribution in [1.29, 1.82) is 0 Å². The van der Waals surface area contributed by atoms with Crippen LogP contribution in [-0.4, -0.2) is 19.4 Å². The summed E-state index contributed by atoms with van der Waals surface area (Å²) in [5.74, 6) is 2.41. The molecule has 0 heterocycles. The summed E-state index contributed by atoms with van der Waals surface area (Å²) < 4.78 is 27.0. The Morgan fingerprint density at radius 3 is 2.26 bits per heavy atom. The summed E-state index contributed by atoms with van der Waals surface area (Å²) in [5, 5.41) is 10.6. The topological polar surface area (TPSA) is 89.3 Å². The van der Waals surface area contributed by atoms with Gasteiger partial charge in [-0.1, -0.05) is 36.3 Å². The maximum absolute atomic E-state index is 12.3. The van der Waals surface area contributed by atoms with Crippen LogP contribution in [0.5, 0.6) is 0 Å². The zero-order chi connectivity index (χ0) is 16.9. The average Bonchev–Trinajstić information content (AvgIpc) is 2.55. The Kier molecular flexibility index (Phi) is 5.11. The van der Waals surface area contributed by atoms with Crippen molar-refractivity contribution in [2.75, 3.05) is 0 Å². The third-order valence-electron chi connectivity index (χ3n) is 3.14. The Labute approximate surface area is 134 Å². The largest absolute Gasteiger partial charge is 0.269 e. The molecule has 7 heteroatoms. The van der Waals surface area contributed by atoms with Gasteiger partial charge in [0.25, 0.3) is 5.69 Å². The van der Waals surface area contributed by atoms with E-state index in [9.17, 15) is 18.5 Å². The van der Waals surface area contributed by atoms with Gasteiger partial charge >= 0.3 is 0 Å². The highest BCUT2D eigenvalue weighted by Gasteiger charge is 2.20. The standard InChI is InChI=1S/C16H14N2O4S/c1-2-14(12-13-6-4-3-5-7-13)17-23(21,22)16-10-8-15(9-11-16)18(19)20/h1,3-11,14,17H,12H2/t14-/m1/s1. The molecule has 0 radical (unpaired) electrons. The molecule has 0 aliphatic heterocycles. The highest BCUT2D eigenvalue weighted by Crippen LogP contribution is 2.16. The minimum atomic E-state index is -3.85. The maximum Gasteiger partial charge on any atom is 0.269 e. The van der Waals surface area contributed by atoms with Gasteiger partial charge in [0.2, 0.25) is 10.0 Å². The molecule has 6 nitrogen and oxygen atoms in total. The van der Waals surface area contributed by atoms with Gasteiger partial charge in [-0.25, -0.2) is 8.42 Å². The summed E-state index contributed by atoms with van der Waals surface area (Å²) in [7, 11) is -3.85. The quantitative estimate of drug-likeness (QED) is 0.499. The molecule has 0 aliphatic rings. The van der Waals surface area contributed by atoms with E-state index in [0.29, 0.717) is 6.42 Å². The van der Waals surface area contributed by atoms with Crippen LogP contribution in [0.3, 0.4) is 0 Å². The first-order chi connectivity index (χ1) is 10.9. The number of nitro benzene ring substituents is 1. The predicted octanol–water partition coefficient (Wildman–Crippen LogP) is 2.12. The van der Waals surface area contributed by atoms with Gasteiger partial charge in [-0.05, 0) is 24.1 Å². The van der Waals surface area contributed by atoms with Crippen LogP contribution in [0.4, 0.5) is 5.69 Å². The predicted molar refractivity (Wildman–Crippen MR) is 86.2 cm³/mol. The molecule has 0 spiro atoms. The molecule has 2 aromatic carbocycles. The van der Waals surface area contributed by atoms with Gasteiger partial charge in [0.15, 0.2) is 0 Å². The summed E-state index contributed by atoms with van der Waals surface area (Å²) in [5.41, 5.74) is 0.726. The van der Waals surface area contributed by atoms with Gasteiger partial charge in [-0.2, -0.15) is 4.72 Å². The number of nitrogens with zero attached hydrogens (tertiary/aromatic N) is 1. The molecule has 0 saturated carbocycles. The minimum absolute atomic E-state index is 0.0728. The molecule has 0 amide bonds. The fourth-order valence-electron chi connectivity index (χ4n) is 1.99. The fraction of sp³-hybridized carbons (Fsp3) is 0.125. The van der Waals surface area contributed by atoms with E-state index in [2.05, 4.69) is 10.6 Å². The first-order valence-electron chi connectivity index (χ1n) is 6.69. The lowest BCUT2D eigenvalue weighted by Crippen LogP contribution is -2.35. The van der Waals surface area contributed by atoms with Gasteiger partial charge in [0.05, 0.1) is 15.9 Å². The number of sulfonamides is 1. The Morgan fingerprint density at radius 2 is 1.74 bits per heavy atom. The molecule has 1 atom stereocenters. The van der Waals surface area contributed by atoms with Crippen LogP contribution in [0.2, 0.25) is 0 Å². The van der Waals surface area contributed by atoms with E-state index in [1.54, 1.807) is 0 Å². The second-order valence-electron chi connectivity index (χ2n) is 4.78. The number of non-ortho nitro benzene ring substituents is 1. The van der Waals surface area contributed by atoms with Crippen molar-refractivity contribution in [1.82, 2.24) is 4.72 Å². The number of benzene rings is 2. The summed E-state index contributed by atoms with van der Waals surface area (Å²) in [6.45, 7) is 0. The highest BCUT2D eigenvalue weighted by molar-refractivity contribution is 7.89. The fourth-order valence-corrected chi connectivity index (χ4v) is 3.14. The van der Waals surface area contributed by atoms with E-state index in [-0.39, 0.29) is 10.6 Å². The highest BCUT2D eigenvalue weighted by atomic mass is 32.2. The van der Waals surface area contributed by atoms with Crippen LogP contribution >= 0.6 is 0 Å². The van der Waals surface area contributed by atoms with Gasteiger partial charge in [0.1, 0.15) is 0 Å². The third-order valence-corrected chi connectivity index (χ3v) is 4.63. The smallest absolute Gasteiger partial charge is 0.258 e. The van der Waals surface area contributed by atoms with Gasteiger partial charge < -0.3 is 0 Å². The lowest BCUT2D eigenvalue weighted by Gasteiger charge is -2.13. The molecule has 0 bridgehead atoms. The van der Waals surface area contributed by atoms with E-state index in [1.165, 1.54) is 12.1 Å². The maximum atomic E-state index is 12.3. The molecular weight excluding hydrogens is 316 g/mol. The number of hydrogen-bond donors (Lipinski definition) is 1. The van der Waals surface area contributed by atoms with Crippen LogP contribution in [0, 0.1) is 22.5 Å². The zero-order valence-corrected chi connectivity index (χ0v) is 12.9. The van der Waals surface area contributed by atoms with Crippen molar-refractivity contribution in [2.45, 2.75) is 17.4 Å². The van der Waals surface area contributed by atoms with Gasteiger partial charge in [-0.15, -0.1) is 6.42 Å². The second-order valence-corrected chi connectivity index (χ2v) is 6.50. The van der Waals surface area contributed by atoms with Crippen molar-refractivity contribution in [3.8, 4) is 12.3 Å². The Hall–Kier alpha value is -2.69. The molecule has 0 aromatic heterocycles. The first-order valence-corrected chi connectivity index (χ1v) is 8.17. The van der Waals surface area contributed by atoms with Crippen LogP contribution < -0.4 is 4.72 Å². The van der Waals surface area contributed by atoms with E-state index < -0.39 is 21.0 Å². The number of rotatable bonds is 6. The van der Waals surface area contributed by atoms with Crippen molar-refractivity contribution < 1.29 is 13.3 Å². The summed E-state index contributed by atoms with van der Waals surface area (Å²) in [6, 6.07) is 13.2. The van der Waals surface area contributed by atoms with Crippen molar-refractivity contribution in [3.63, 3.8) is 0 Å². The second kappa shape index (κ2) is 7.05. The monoisotopic (exact) mass is 330 g/mol. The van der Waals surface area contributed by atoms with Gasteiger partial charge in [0, 0.05) is 12.1 Å². The summed E-state index contributed by atoms with van der Waals surface area (Å²) >= 11 is 0. The van der Waals surface area contributed by atoms with Gasteiger partial charge in [-0.3, -0.25) is 10.1 Å². The van der Waals surface area contributed by atoms with E-state index >= 15 is 0 Å². The molecule has 0 fully saturated rings. The van der Waals surface area contributed by atoms with Crippen LogP contribution in [-0.2, 0) is 16.4 Å². The molecule has 0 aliphatic carbocycles. The SMILES string of the molecule is C#C[C@H](Cc1ccccc1)NS(=O)(=O)c1ccc([N+](=O)[O-])cc1. The zero-order valence-electron chi connectivity index (χ0n) is 12.0. The van der Waals surface area contributed by atoms with Crippen LogP contribution in [0.25, 0.3) is 0 Å². The Balaban J connectivity index is 2.15. The summed E-state index contributed by atoms with van der Waals surface area (Å²) in [6.07, 6.45) is 5.75. The molecule has 118 valence electrons. The summed E-state index contributed by atoms with van der Waals surface area (Å²) in [4.78, 5) is 9.94. The van der Waals surface area contributed by atoms with E-state index in [0.717, 1.165) is 17.7 Å². The molecule has 2 aromatic rings. The molecule has 2 rings (SSSR count). The minimum Gasteiger partial charge on any atom is -0.258 e. The molecule has 0 saturated heterocycles. The van der Waals surface area contributed by atoms with Crippen LogP contribution in [0.1, 0.15) is 5.56 Å². The molecule has 0 unspecified atom stereocenters. The Morgan fingerprint density at radius 1 is 1.13 bits per heavy atom. The van der Waals surface area contributed by atoms with Crippen molar-refractivity contribution in [3.05, 3.63) is 70.3 Å².